The van der Waals surface area contributed by atoms with Gasteiger partial charge in [0.05, 0.1) is 19.1 Å². The summed E-state index contributed by atoms with van der Waals surface area (Å²) in [6, 6.07) is 5.90. The quantitative estimate of drug-likeness (QED) is 0.659. The fraction of sp³-hybridized carbons (Fsp3) is 0.680. The molecule has 0 aromatic heterocycles. The molecule has 1 heterocycles. The predicted molar refractivity (Wildman–Crippen MR) is 118 cm³/mol. The minimum absolute atomic E-state index is 0.0414. The topological polar surface area (TPSA) is 94.1 Å². The number of aliphatic hydroxyl groups excluding tert-OH is 1. The number of ether oxygens (including phenoxy) is 3. The van der Waals surface area contributed by atoms with E-state index in [-0.39, 0.29) is 23.8 Å². The van der Waals surface area contributed by atoms with Gasteiger partial charge in [-0.05, 0) is 57.1 Å². The third-order valence-electron chi connectivity index (χ3n) is 6.87. The normalized spacial score (nSPS) is 28.6. The van der Waals surface area contributed by atoms with Gasteiger partial charge in [0, 0.05) is 30.9 Å². The number of benzene rings is 1. The molecular weight excluding hydrogens is 410 g/mol. The molecule has 7 nitrogen and oxygen atoms in total. The maximum atomic E-state index is 12.2. The van der Waals surface area contributed by atoms with Gasteiger partial charge < -0.3 is 24.6 Å². The second kappa shape index (κ2) is 8.25. The molecule has 3 atom stereocenters. The lowest BCUT2D eigenvalue weighted by atomic mass is 9.70. The van der Waals surface area contributed by atoms with Gasteiger partial charge in [0.1, 0.15) is 17.0 Å². The van der Waals surface area contributed by atoms with E-state index in [0.29, 0.717) is 30.9 Å². The van der Waals surface area contributed by atoms with Gasteiger partial charge in [-0.2, -0.15) is 0 Å². The Kier molecular flexibility index (Phi) is 5.90. The number of fused-ring (bicyclic) bond motifs is 1. The minimum atomic E-state index is -0.618. The van der Waals surface area contributed by atoms with Crippen molar-refractivity contribution in [3.63, 3.8) is 0 Å². The maximum Gasteiger partial charge on any atom is 0.407 e. The highest BCUT2D eigenvalue weighted by Gasteiger charge is 2.51. The Labute approximate surface area is 189 Å². The molecule has 1 aromatic rings. The van der Waals surface area contributed by atoms with Crippen molar-refractivity contribution in [2.75, 3.05) is 7.11 Å². The van der Waals surface area contributed by atoms with Crippen molar-refractivity contribution < 1.29 is 28.9 Å². The summed E-state index contributed by atoms with van der Waals surface area (Å²) < 4.78 is 16.8. The summed E-state index contributed by atoms with van der Waals surface area (Å²) in [4.78, 5) is 24.3. The molecule has 2 fully saturated rings. The summed E-state index contributed by atoms with van der Waals surface area (Å²) >= 11 is 0. The molecular formula is C25H35NO6. The lowest BCUT2D eigenvalue weighted by molar-refractivity contribution is -0.145. The van der Waals surface area contributed by atoms with Crippen molar-refractivity contribution in [1.29, 1.82) is 0 Å². The molecule has 2 aliphatic carbocycles. The Hall–Kier alpha value is -2.28. The van der Waals surface area contributed by atoms with Crippen molar-refractivity contribution in [3.05, 3.63) is 29.3 Å². The number of carbonyl (C=O) groups excluding carboxylic acids is 2. The lowest BCUT2D eigenvalue weighted by Crippen LogP contribution is -2.60. The van der Waals surface area contributed by atoms with Crippen LogP contribution in [0.1, 0.15) is 82.9 Å². The molecule has 3 aliphatic rings. The SMILES string of the molecule is COC(=O)[C@H](C)[C@H](c1ccc2c(c1)OC1(CC(NC(=O)OC(C)(C)C)C1)C[C@H]2O)C1CC1. The second-order valence-corrected chi connectivity index (χ2v) is 10.7. The molecule has 0 saturated heterocycles. The number of hydrogen-bond donors (Lipinski definition) is 2. The van der Waals surface area contributed by atoms with Gasteiger partial charge in [0.25, 0.3) is 0 Å². The number of rotatable bonds is 5. The largest absolute Gasteiger partial charge is 0.487 e. The van der Waals surface area contributed by atoms with Gasteiger partial charge in [0.2, 0.25) is 0 Å². The first-order valence-electron chi connectivity index (χ1n) is 11.6. The van der Waals surface area contributed by atoms with Crippen molar-refractivity contribution in [1.82, 2.24) is 5.32 Å². The standard InChI is InChI=1S/C25H35NO6/c1-14(22(28)30-5)21(15-6-7-15)16-8-9-18-19(27)13-25(31-20(18)10-16)11-17(12-25)26-23(29)32-24(2,3)4/h8-10,14-15,17,19,21,27H,6-7,11-13H2,1-5H3,(H,26,29)/t14-,17?,19-,21+,25?/m1/s1. The highest BCUT2D eigenvalue weighted by Crippen LogP contribution is 2.52. The average Bonchev–Trinajstić information content (AvgIpc) is 3.49. The number of alkyl carbamates (subject to hydrolysis) is 1. The molecule has 1 aromatic carbocycles. The molecule has 176 valence electrons. The fourth-order valence-electron chi connectivity index (χ4n) is 5.28. The Balaban J connectivity index is 1.47. The molecule has 1 spiro atoms. The van der Waals surface area contributed by atoms with Gasteiger partial charge in [0.15, 0.2) is 0 Å². The van der Waals surface area contributed by atoms with E-state index in [1.54, 1.807) is 0 Å². The Morgan fingerprint density at radius 1 is 1.22 bits per heavy atom. The van der Waals surface area contributed by atoms with Crippen LogP contribution in [0.25, 0.3) is 0 Å². The van der Waals surface area contributed by atoms with Crippen LogP contribution in [0.4, 0.5) is 4.79 Å². The smallest absolute Gasteiger partial charge is 0.407 e. The zero-order valence-electron chi connectivity index (χ0n) is 19.6. The van der Waals surface area contributed by atoms with Gasteiger partial charge in [-0.1, -0.05) is 19.1 Å². The van der Waals surface area contributed by atoms with Crippen molar-refractivity contribution in [2.24, 2.45) is 11.8 Å². The number of amides is 1. The molecule has 0 bridgehead atoms. The third-order valence-corrected chi connectivity index (χ3v) is 6.87. The molecule has 0 radical (unpaired) electrons. The van der Waals surface area contributed by atoms with Crippen LogP contribution in [0, 0.1) is 11.8 Å². The van der Waals surface area contributed by atoms with Crippen molar-refractivity contribution >= 4 is 12.1 Å². The fourth-order valence-corrected chi connectivity index (χ4v) is 5.28. The zero-order valence-corrected chi connectivity index (χ0v) is 19.6. The Bertz CT molecular complexity index is 881. The summed E-state index contributed by atoms with van der Waals surface area (Å²) in [5.74, 6) is 0.788. The summed E-state index contributed by atoms with van der Waals surface area (Å²) in [5.41, 5.74) is 0.797. The van der Waals surface area contributed by atoms with Gasteiger partial charge in [-0.25, -0.2) is 4.79 Å². The van der Waals surface area contributed by atoms with Crippen LogP contribution >= 0.6 is 0 Å². The first-order chi connectivity index (χ1) is 15.0. The monoisotopic (exact) mass is 445 g/mol. The van der Waals surface area contributed by atoms with Gasteiger partial charge >= 0.3 is 12.1 Å². The summed E-state index contributed by atoms with van der Waals surface area (Å²) in [6.07, 6.45) is 2.91. The molecule has 4 rings (SSSR count). The van der Waals surface area contributed by atoms with Gasteiger partial charge in [-0.3, -0.25) is 4.79 Å². The van der Waals surface area contributed by atoms with E-state index < -0.39 is 23.4 Å². The first-order valence-corrected chi connectivity index (χ1v) is 11.6. The highest BCUT2D eigenvalue weighted by molar-refractivity contribution is 5.73. The van der Waals surface area contributed by atoms with E-state index in [1.165, 1.54) is 7.11 Å². The van der Waals surface area contributed by atoms with Crippen molar-refractivity contribution in [2.45, 2.75) is 89.1 Å². The number of carbonyl (C=O) groups is 2. The first kappa shape index (κ1) is 22.9. The van der Waals surface area contributed by atoms with Crippen molar-refractivity contribution in [3.8, 4) is 5.75 Å². The third kappa shape index (κ3) is 4.72. The predicted octanol–water partition coefficient (Wildman–Crippen LogP) is 4.23. The maximum absolute atomic E-state index is 12.2. The van der Waals surface area contributed by atoms with E-state index in [9.17, 15) is 14.7 Å². The minimum Gasteiger partial charge on any atom is -0.487 e. The van der Waals surface area contributed by atoms with Crippen LogP contribution in [-0.4, -0.2) is 41.5 Å². The molecule has 1 aliphatic heterocycles. The van der Waals surface area contributed by atoms with E-state index in [1.807, 2.05) is 45.9 Å². The number of aliphatic hydroxyl groups is 1. The second-order valence-electron chi connectivity index (χ2n) is 10.7. The van der Waals surface area contributed by atoms with Crippen LogP contribution < -0.4 is 10.1 Å². The van der Waals surface area contributed by atoms with E-state index in [0.717, 1.165) is 24.0 Å². The van der Waals surface area contributed by atoms with Crippen LogP contribution in [0.2, 0.25) is 0 Å². The number of esters is 1. The summed E-state index contributed by atoms with van der Waals surface area (Å²) in [7, 11) is 1.43. The van der Waals surface area contributed by atoms with Crippen LogP contribution in [0.3, 0.4) is 0 Å². The lowest BCUT2D eigenvalue weighted by Gasteiger charge is -2.51. The number of nitrogens with one attached hydrogen (secondary N) is 1. The Morgan fingerprint density at radius 3 is 2.50 bits per heavy atom. The van der Waals surface area contributed by atoms with Gasteiger partial charge in [-0.15, -0.1) is 0 Å². The highest BCUT2D eigenvalue weighted by atomic mass is 16.6. The summed E-state index contributed by atoms with van der Waals surface area (Å²) in [5, 5.41) is 13.7. The zero-order chi connectivity index (χ0) is 23.3. The average molecular weight is 446 g/mol. The molecule has 32 heavy (non-hydrogen) atoms. The van der Waals surface area contributed by atoms with E-state index in [2.05, 4.69) is 5.32 Å². The number of hydrogen-bond acceptors (Lipinski definition) is 6. The van der Waals surface area contributed by atoms with Crippen LogP contribution in [0.15, 0.2) is 18.2 Å². The molecule has 0 unspecified atom stereocenters. The molecule has 1 amide bonds. The molecule has 2 N–H and O–H groups in total. The molecule has 2 saturated carbocycles. The van der Waals surface area contributed by atoms with Crippen LogP contribution in [-0.2, 0) is 14.3 Å². The van der Waals surface area contributed by atoms with Crippen LogP contribution in [0.5, 0.6) is 5.75 Å². The van der Waals surface area contributed by atoms with E-state index >= 15 is 0 Å². The molecule has 7 heteroatoms. The summed E-state index contributed by atoms with van der Waals surface area (Å²) in [6.45, 7) is 7.42. The Morgan fingerprint density at radius 2 is 1.91 bits per heavy atom. The number of methoxy groups -OCH3 is 1. The van der Waals surface area contributed by atoms with E-state index in [4.69, 9.17) is 14.2 Å².